The number of aromatic nitrogens is 2. The van der Waals surface area contributed by atoms with Gasteiger partial charge in [0.25, 0.3) is 0 Å². The lowest BCUT2D eigenvalue weighted by Crippen LogP contribution is -2.47. The first-order valence-electron chi connectivity index (χ1n) is 11.4. The van der Waals surface area contributed by atoms with Crippen molar-refractivity contribution < 1.29 is 4.79 Å². The molecule has 0 spiro atoms. The molecule has 2 aromatic heterocycles. The zero-order valence-corrected chi connectivity index (χ0v) is 18.9. The lowest BCUT2D eigenvalue weighted by Gasteiger charge is -2.34. The number of fused-ring (bicyclic) bond motifs is 1. The minimum atomic E-state index is 0.0521. The van der Waals surface area contributed by atoms with Crippen molar-refractivity contribution in [2.75, 3.05) is 63.8 Å². The Balaban J connectivity index is 1.18. The predicted molar refractivity (Wildman–Crippen MR) is 123 cm³/mol. The van der Waals surface area contributed by atoms with E-state index >= 15 is 0 Å². The van der Waals surface area contributed by atoms with Crippen molar-refractivity contribution in [2.24, 2.45) is 5.92 Å². The van der Waals surface area contributed by atoms with E-state index in [2.05, 4.69) is 31.9 Å². The van der Waals surface area contributed by atoms with E-state index in [1.54, 1.807) is 11.3 Å². The molecule has 1 N–H and O–H groups in total. The maximum absolute atomic E-state index is 12.7. The molecular weight excluding hydrogens is 396 g/mol. The van der Waals surface area contributed by atoms with Crippen LogP contribution >= 0.6 is 11.3 Å². The average molecular weight is 431 g/mol. The number of hydrogen-bond donors (Lipinski definition) is 1. The number of hydrogen-bond acceptors (Lipinski definition) is 7. The van der Waals surface area contributed by atoms with E-state index in [9.17, 15) is 4.79 Å². The zero-order valence-electron chi connectivity index (χ0n) is 18.1. The molecule has 0 saturated carbocycles. The summed E-state index contributed by atoms with van der Waals surface area (Å²) in [6.45, 7) is 11.7. The molecule has 1 amide bonds. The Morgan fingerprint density at radius 2 is 2.00 bits per heavy atom. The Hall–Kier alpha value is -1.77. The first-order chi connectivity index (χ1) is 14.7. The Bertz CT molecular complexity index is 786. The molecule has 2 aliphatic heterocycles. The van der Waals surface area contributed by atoms with Crippen molar-refractivity contribution in [1.82, 2.24) is 25.1 Å². The van der Waals surface area contributed by atoms with Crippen molar-refractivity contribution in [3.05, 3.63) is 18.3 Å². The largest absolute Gasteiger partial charge is 0.356 e. The summed E-state index contributed by atoms with van der Waals surface area (Å²) >= 11 is 1.62. The maximum atomic E-state index is 12.7. The van der Waals surface area contributed by atoms with Crippen LogP contribution < -0.4 is 10.2 Å². The second kappa shape index (κ2) is 10.5. The SMILES string of the molecule is CCCN1CCN(CCCNC(=O)[C@H]2CCCN(c3nc4cccnc4s3)C2)CC1. The normalized spacial score (nSPS) is 21.2. The third-order valence-electron chi connectivity index (χ3n) is 6.17. The summed E-state index contributed by atoms with van der Waals surface area (Å²) in [6, 6.07) is 3.92. The summed E-state index contributed by atoms with van der Waals surface area (Å²) in [4.78, 5) is 30.1. The van der Waals surface area contributed by atoms with Gasteiger partial charge in [0.15, 0.2) is 5.13 Å². The molecule has 7 nitrogen and oxygen atoms in total. The van der Waals surface area contributed by atoms with Gasteiger partial charge in [-0.05, 0) is 50.9 Å². The van der Waals surface area contributed by atoms with Gasteiger partial charge in [0.1, 0.15) is 10.3 Å². The van der Waals surface area contributed by atoms with Gasteiger partial charge in [-0.25, -0.2) is 9.97 Å². The molecule has 4 rings (SSSR count). The fraction of sp³-hybridized carbons (Fsp3) is 0.682. The highest BCUT2D eigenvalue weighted by atomic mass is 32.1. The Morgan fingerprint density at radius 1 is 1.20 bits per heavy atom. The number of nitrogens with one attached hydrogen (secondary N) is 1. The molecule has 0 aliphatic carbocycles. The van der Waals surface area contributed by atoms with Crippen LogP contribution in [0.15, 0.2) is 18.3 Å². The number of piperidine rings is 1. The second-order valence-electron chi connectivity index (χ2n) is 8.44. The first-order valence-corrected chi connectivity index (χ1v) is 12.2. The van der Waals surface area contributed by atoms with Crippen LogP contribution in [0.1, 0.15) is 32.6 Å². The number of carbonyl (C=O) groups is 1. The molecule has 2 fully saturated rings. The highest BCUT2D eigenvalue weighted by Crippen LogP contribution is 2.30. The van der Waals surface area contributed by atoms with Gasteiger partial charge < -0.3 is 20.0 Å². The first kappa shape index (κ1) is 21.5. The van der Waals surface area contributed by atoms with Crippen LogP contribution in [-0.4, -0.2) is 84.6 Å². The number of thiazole rings is 1. The molecule has 2 aromatic rings. The minimum absolute atomic E-state index is 0.0521. The number of rotatable bonds is 8. The monoisotopic (exact) mass is 430 g/mol. The molecule has 0 unspecified atom stereocenters. The standard InChI is InChI=1S/C22H34N6OS/c1-2-10-26-13-15-27(16-14-26)11-5-9-23-20(29)18-6-4-12-28(17-18)22-25-19-7-3-8-24-21(19)30-22/h3,7-8,18H,2,4-6,9-17H2,1H3,(H,23,29)/t18-/m0/s1. The molecule has 1 atom stereocenters. The number of piperazine rings is 1. The highest BCUT2D eigenvalue weighted by Gasteiger charge is 2.27. The van der Waals surface area contributed by atoms with Gasteiger partial charge in [-0.15, -0.1) is 0 Å². The van der Waals surface area contributed by atoms with E-state index in [4.69, 9.17) is 4.98 Å². The Labute approximate surface area is 183 Å². The number of anilines is 1. The molecule has 164 valence electrons. The van der Waals surface area contributed by atoms with Gasteiger partial charge in [-0.2, -0.15) is 0 Å². The molecule has 4 heterocycles. The third kappa shape index (κ3) is 5.47. The van der Waals surface area contributed by atoms with Gasteiger partial charge in [0.05, 0.1) is 5.92 Å². The Morgan fingerprint density at radius 3 is 2.77 bits per heavy atom. The second-order valence-corrected chi connectivity index (χ2v) is 9.39. The van der Waals surface area contributed by atoms with E-state index in [1.165, 1.54) is 26.1 Å². The van der Waals surface area contributed by atoms with Crippen LogP contribution in [0, 0.1) is 5.92 Å². The summed E-state index contributed by atoms with van der Waals surface area (Å²) in [6.07, 6.45) is 6.07. The fourth-order valence-electron chi connectivity index (χ4n) is 4.47. The highest BCUT2D eigenvalue weighted by molar-refractivity contribution is 7.21. The van der Waals surface area contributed by atoms with Gasteiger partial charge in [-0.3, -0.25) is 4.79 Å². The Kier molecular flexibility index (Phi) is 7.52. The summed E-state index contributed by atoms with van der Waals surface area (Å²) in [5.41, 5.74) is 0.944. The lowest BCUT2D eigenvalue weighted by molar-refractivity contribution is -0.125. The van der Waals surface area contributed by atoms with Gasteiger partial charge in [0, 0.05) is 52.0 Å². The number of nitrogens with zero attached hydrogens (tertiary/aromatic N) is 5. The van der Waals surface area contributed by atoms with Crippen molar-refractivity contribution in [1.29, 1.82) is 0 Å². The van der Waals surface area contributed by atoms with E-state index in [1.807, 2.05) is 18.3 Å². The molecule has 0 aromatic carbocycles. The van der Waals surface area contributed by atoms with Crippen molar-refractivity contribution >= 4 is 32.7 Å². The predicted octanol–water partition coefficient (Wildman–Crippen LogP) is 2.44. The van der Waals surface area contributed by atoms with Crippen LogP contribution in [0.25, 0.3) is 10.3 Å². The van der Waals surface area contributed by atoms with Crippen LogP contribution in [0.4, 0.5) is 5.13 Å². The maximum Gasteiger partial charge on any atom is 0.224 e. The van der Waals surface area contributed by atoms with Crippen molar-refractivity contribution in [3.8, 4) is 0 Å². The lowest BCUT2D eigenvalue weighted by atomic mass is 9.97. The van der Waals surface area contributed by atoms with Crippen LogP contribution in [0.2, 0.25) is 0 Å². The van der Waals surface area contributed by atoms with E-state index in [0.29, 0.717) is 0 Å². The number of pyridine rings is 1. The summed E-state index contributed by atoms with van der Waals surface area (Å²) in [5.74, 6) is 0.253. The summed E-state index contributed by atoms with van der Waals surface area (Å²) < 4.78 is 0. The summed E-state index contributed by atoms with van der Waals surface area (Å²) in [7, 11) is 0. The summed E-state index contributed by atoms with van der Waals surface area (Å²) in [5, 5.41) is 4.18. The van der Waals surface area contributed by atoms with E-state index in [-0.39, 0.29) is 11.8 Å². The molecule has 2 saturated heterocycles. The van der Waals surface area contributed by atoms with E-state index in [0.717, 1.165) is 74.0 Å². The molecule has 30 heavy (non-hydrogen) atoms. The quantitative estimate of drug-likeness (QED) is 0.649. The molecule has 2 aliphatic rings. The number of carbonyl (C=O) groups excluding carboxylic acids is 1. The molecule has 0 radical (unpaired) electrons. The van der Waals surface area contributed by atoms with Gasteiger partial charge in [0.2, 0.25) is 5.91 Å². The topological polar surface area (TPSA) is 64.6 Å². The van der Waals surface area contributed by atoms with E-state index < -0.39 is 0 Å². The average Bonchev–Trinajstić information content (AvgIpc) is 3.22. The third-order valence-corrected chi connectivity index (χ3v) is 7.21. The number of amides is 1. The smallest absolute Gasteiger partial charge is 0.224 e. The van der Waals surface area contributed by atoms with Gasteiger partial charge >= 0.3 is 0 Å². The van der Waals surface area contributed by atoms with Crippen LogP contribution in [0.3, 0.4) is 0 Å². The molecule has 8 heteroatoms. The van der Waals surface area contributed by atoms with Crippen LogP contribution in [-0.2, 0) is 4.79 Å². The molecule has 0 bridgehead atoms. The van der Waals surface area contributed by atoms with Crippen molar-refractivity contribution in [3.63, 3.8) is 0 Å². The van der Waals surface area contributed by atoms with Crippen LogP contribution in [0.5, 0.6) is 0 Å². The fourth-order valence-corrected chi connectivity index (χ4v) is 5.41. The zero-order chi connectivity index (χ0) is 20.8. The van der Waals surface area contributed by atoms with Gasteiger partial charge in [-0.1, -0.05) is 18.3 Å². The van der Waals surface area contributed by atoms with Crippen molar-refractivity contribution in [2.45, 2.75) is 32.6 Å². The molecular formula is C22H34N6OS. The minimum Gasteiger partial charge on any atom is -0.356 e.